The minimum atomic E-state index is -0.412. The van der Waals surface area contributed by atoms with Crippen LogP contribution >= 0.6 is 0 Å². The van der Waals surface area contributed by atoms with Gasteiger partial charge in [-0.05, 0) is 26.5 Å². The third kappa shape index (κ3) is 4.62. The Labute approximate surface area is 119 Å². The molecule has 0 aliphatic carbocycles. The second-order valence-corrected chi connectivity index (χ2v) is 4.67. The van der Waals surface area contributed by atoms with E-state index in [0.717, 1.165) is 5.56 Å². The molecule has 0 atom stereocenters. The molecule has 0 saturated heterocycles. The lowest BCUT2D eigenvalue weighted by atomic mass is 10.2. The number of hydrogen-bond acceptors (Lipinski definition) is 4. The number of non-ortho nitro benzene ring substituents is 1. The summed E-state index contributed by atoms with van der Waals surface area (Å²) in [7, 11) is 1.83. The number of likely N-dealkylation sites (N-methyl/N-ethyl adjacent to an activating group) is 2. The number of rotatable bonds is 7. The van der Waals surface area contributed by atoms with Gasteiger partial charge in [-0.3, -0.25) is 19.8 Å². The summed E-state index contributed by atoms with van der Waals surface area (Å²) in [5.41, 5.74) is 0.903. The lowest BCUT2D eigenvalue weighted by Crippen LogP contribution is -2.38. The van der Waals surface area contributed by atoms with E-state index in [1.165, 1.54) is 6.07 Å². The van der Waals surface area contributed by atoms with Crippen molar-refractivity contribution in [1.82, 2.24) is 9.80 Å². The number of nitro groups is 1. The van der Waals surface area contributed by atoms with Gasteiger partial charge in [0.05, 0.1) is 11.5 Å². The van der Waals surface area contributed by atoms with E-state index in [2.05, 4.69) is 0 Å². The van der Waals surface area contributed by atoms with Crippen molar-refractivity contribution in [2.24, 2.45) is 0 Å². The van der Waals surface area contributed by atoms with Gasteiger partial charge in [0, 0.05) is 31.8 Å². The maximum Gasteiger partial charge on any atom is 0.269 e. The summed E-state index contributed by atoms with van der Waals surface area (Å²) in [6, 6.07) is 6.49. The van der Waals surface area contributed by atoms with Gasteiger partial charge in [0.2, 0.25) is 5.91 Å². The first-order chi connectivity index (χ1) is 9.47. The molecule has 0 fully saturated rings. The van der Waals surface area contributed by atoms with Crippen molar-refractivity contribution in [2.75, 3.05) is 26.7 Å². The van der Waals surface area contributed by atoms with Crippen molar-refractivity contribution in [2.45, 2.75) is 20.4 Å². The lowest BCUT2D eigenvalue weighted by molar-refractivity contribution is -0.384. The Morgan fingerprint density at radius 2 is 1.95 bits per heavy atom. The van der Waals surface area contributed by atoms with Crippen molar-refractivity contribution in [1.29, 1.82) is 0 Å². The van der Waals surface area contributed by atoms with Crippen molar-refractivity contribution in [3.05, 3.63) is 39.9 Å². The Kier molecular flexibility index (Phi) is 6.11. The van der Waals surface area contributed by atoms with Gasteiger partial charge >= 0.3 is 0 Å². The maximum atomic E-state index is 12.0. The third-order valence-electron chi connectivity index (χ3n) is 3.10. The fourth-order valence-electron chi connectivity index (χ4n) is 2.04. The minimum Gasteiger partial charge on any atom is -0.342 e. The molecule has 0 radical (unpaired) electrons. The van der Waals surface area contributed by atoms with Crippen LogP contribution in [0.5, 0.6) is 0 Å². The number of carbonyl (C=O) groups excluding carboxylic acids is 1. The van der Waals surface area contributed by atoms with Gasteiger partial charge in [-0.15, -0.1) is 0 Å². The van der Waals surface area contributed by atoms with Gasteiger partial charge in [0.25, 0.3) is 5.69 Å². The molecule has 0 spiro atoms. The van der Waals surface area contributed by atoms with Crippen LogP contribution < -0.4 is 0 Å². The molecule has 0 aliphatic heterocycles. The van der Waals surface area contributed by atoms with E-state index in [0.29, 0.717) is 26.2 Å². The molecule has 0 aromatic heterocycles. The van der Waals surface area contributed by atoms with Crippen LogP contribution in [0.4, 0.5) is 5.69 Å². The normalized spacial score (nSPS) is 10.6. The molecule has 0 N–H and O–H groups in total. The number of nitrogens with zero attached hydrogens (tertiary/aromatic N) is 3. The fourth-order valence-corrected chi connectivity index (χ4v) is 2.04. The molecule has 0 unspecified atom stereocenters. The molecule has 20 heavy (non-hydrogen) atoms. The SMILES string of the molecule is CCN(CC)C(=O)CN(C)Cc1cccc([N+](=O)[O-])c1. The van der Waals surface area contributed by atoms with E-state index >= 15 is 0 Å². The second kappa shape index (κ2) is 7.59. The highest BCUT2D eigenvalue weighted by molar-refractivity contribution is 5.78. The number of carbonyl (C=O) groups is 1. The summed E-state index contributed by atoms with van der Waals surface area (Å²) in [6.45, 7) is 6.10. The Balaban J connectivity index is 2.62. The highest BCUT2D eigenvalue weighted by Gasteiger charge is 2.13. The molecule has 0 bridgehead atoms. The molecule has 1 aromatic rings. The Morgan fingerprint density at radius 1 is 1.30 bits per heavy atom. The fraction of sp³-hybridized carbons (Fsp3) is 0.500. The van der Waals surface area contributed by atoms with Gasteiger partial charge in [0.1, 0.15) is 0 Å². The van der Waals surface area contributed by atoms with E-state index in [9.17, 15) is 14.9 Å². The number of benzene rings is 1. The summed E-state index contributed by atoms with van der Waals surface area (Å²) in [6.07, 6.45) is 0. The number of hydrogen-bond donors (Lipinski definition) is 0. The predicted octanol–water partition coefficient (Wildman–Crippen LogP) is 1.89. The topological polar surface area (TPSA) is 66.7 Å². The molecule has 0 saturated carbocycles. The maximum absolute atomic E-state index is 12.0. The van der Waals surface area contributed by atoms with Gasteiger partial charge in [-0.2, -0.15) is 0 Å². The van der Waals surface area contributed by atoms with Crippen LogP contribution in [0.2, 0.25) is 0 Å². The smallest absolute Gasteiger partial charge is 0.269 e. The zero-order valence-electron chi connectivity index (χ0n) is 12.2. The second-order valence-electron chi connectivity index (χ2n) is 4.67. The first-order valence-corrected chi connectivity index (χ1v) is 6.67. The van der Waals surface area contributed by atoms with Gasteiger partial charge < -0.3 is 4.90 Å². The highest BCUT2D eigenvalue weighted by atomic mass is 16.6. The van der Waals surface area contributed by atoms with Crippen LogP contribution in [0, 0.1) is 10.1 Å². The number of nitro benzene ring substituents is 1. The van der Waals surface area contributed by atoms with Crippen LogP contribution in [0.3, 0.4) is 0 Å². The molecule has 0 aliphatic rings. The van der Waals surface area contributed by atoms with Crippen molar-refractivity contribution < 1.29 is 9.72 Å². The average molecular weight is 279 g/mol. The predicted molar refractivity (Wildman–Crippen MR) is 77.4 cm³/mol. The lowest BCUT2D eigenvalue weighted by Gasteiger charge is -2.23. The average Bonchev–Trinajstić information content (AvgIpc) is 2.40. The van der Waals surface area contributed by atoms with Crippen LogP contribution in [-0.4, -0.2) is 47.3 Å². The minimum absolute atomic E-state index is 0.0722. The van der Waals surface area contributed by atoms with E-state index < -0.39 is 4.92 Å². The van der Waals surface area contributed by atoms with Crippen molar-refractivity contribution in [3.63, 3.8) is 0 Å². The first kappa shape index (κ1) is 16.1. The Bertz CT molecular complexity index is 472. The van der Waals surface area contributed by atoms with Crippen molar-refractivity contribution >= 4 is 11.6 Å². The monoisotopic (exact) mass is 279 g/mol. The molecule has 0 heterocycles. The third-order valence-corrected chi connectivity index (χ3v) is 3.10. The van der Waals surface area contributed by atoms with Gasteiger partial charge in [0.15, 0.2) is 0 Å². The molecular weight excluding hydrogens is 258 g/mol. The standard InChI is InChI=1S/C14H21N3O3/c1-4-16(5-2)14(18)11-15(3)10-12-7-6-8-13(9-12)17(19)20/h6-9H,4-5,10-11H2,1-3H3. The summed E-state index contributed by atoms with van der Waals surface area (Å²) >= 11 is 0. The van der Waals surface area contributed by atoms with Crippen molar-refractivity contribution in [3.8, 4) is 0 Å². The first-order valence-electron chi connectivity index (χ1n) is 6.67. The van der Waals surface area contributed by atoms with Crippen LogP contribution in [0.25, 0.3) is 0 Å². The van der Waals surface area contributed by atoms with Crippen LogP contribution in [-0.2, 0) is 11.3 Å². The molecule has 1 amide bonds. The van der Waals surface area contributed by atoms with Gasteiger partial charge in [-0.1, -0.05) is 12.1 Å². The zero-order chi connectivity index (χ0) is 15.1. The summed E-state index contributed by atoms with van der Waals surface area (Å²) < 4.78 is 0. The Morgan fingerprint density at radius 3 is 2.50 bits per heavy atom. The largest absolute Gasteiger partial charge is 0.342 e. The molecule has 110 valence electrons. The molecule has 6 heteroatoms. The summed E-state index contributed by atoms with van der Waals surface area (Å²) in [5.74, 6) is 0.0722. The zero-order valence-corrected chi connectivity index (χ0v) is 12.2. The van der Waals surface area contributed by atoms with Gasteiger partial charge in [-0.25, -0.2) is 0 Å². The summed E-state index contributed by atoms with van der Waals surface area (Å²) in [4.78, 5) is 25.9. The quantitative estimate of drug-likeness (QED) is 0.564. The molecular formula is C14H21N3O3. The van der Waals surface area contributed by atoms with Crippen LogP contribution in [0.1, 0.15) is 19.4 Å². The van der Waals surface area contributed by atoms with E-state index in [1.54, 1.807) is 17.0 Å². The number of amides is 1. The molecule has 1 aromatic carbocycles. The summed E-state index contributed by atoms with van der Waals surface area (Å²) in [5, 5.41) is 10.7. The highest BCUT2D eigenvalue weighted by Crippen LogP contribution is 2.14. The Hall–Kier alpha value is -1.95. The van der Waals surface area contributed by atoms with E-state index in [4.69, 9.17) is 0 Å². The van der Waals surface area contributed by atoms with Crippen LogP contribution in [0.15, 0.2) is 24.3 Å². The van der Waals surface area contributed by atoms with E-state index in [-0.39, 0.29) is 11.6 Å². The molecule has 6 nitrogen and oxygen atoms in total. The van der Waals surface area contributed by atoms with E-state index in [1.807, 2.05) is 31.9 Å². The molecule has 1 rings (SSSR count).